The van der Waals surface area contributed by atoms with Crippen molar-refractivity contribution in [1.82, 2.24) is 4.90 Å². The van der Waals surface area contributed by atoms with E-state index in [2.05, 4.69) is 4.18 Å². The zero-order chi connectivity index (χ0) is 17.6. The molecule has 0 aliphatic carbocycles. The average Bonchev–Trinajstić information content (AvgIpc) is 2.24. The molecule has 0 aromatic heterocycles. The van der Waals surface area contributed by atoms with Crippen LogP contribution in [0, 0.1) is 5.41 Å². The maximum atomic E-state index is 12.4. The van der Waals surface area contributed by atoms with Crippen LogP contribution >= 0.6 is 0 Å². The first-order valence-corrected chi connectivity index (χ1v) is 7.73. The Kier molecular flexibility index (Phi) is 4.50. The quantitative estimate of drug-likeness (QED) is 0.614. The predicted octanol–water partition coefficient (Wildman–Crippen LogP) is 2.93. The van der Waals surface area contributed by atoms with Gasteiger partial charge in [0.2, 0.25) is 0 Å². The van der Waals surface area contributed by atoms with Gasteiger partial charge in [0, 0.05) is 13.0 Å². The van der Waals surface area contributed by atoms with Gasteiger partial charge in [0.15, 0.2) is 0 Å². The molecule has 0 radical (unpaired) electrons. The van der Waals surface area contributed by atoms with Gasteiger partial charge < -0.3 is 9.29 Å². The number of amides is 1. The number of rotatable bonds is 2. The lowest BCUT2D eigenvalue weighted by Crippen LogP contribution is -2.59. The Bertz CT molecular complexity index is 591. The van der Waals surface area contributed by atoms with Crippen molar-refractivity contribution in [3.63, 3.8) is 0 Å². The second-order valence-corrected chi connectivity index (χ2v) is 7.79. The van der Waals surface area contributed by atoms with Crippen LogP contribution in [0.15, 0.2) is 11.8 Å². The molecule has 1 aliphatic heterocycles. The largest absolute Gasteiger partial charge is 0.534 e. The van der Waals surface area contributed by atoms with Crippen LogP contribution in [0.5, 0.6) is 0 Å². The van der Waals surface area contributed by atoms with E-state index in [4.69, 9.17) is 0 Å². The van der Waals surface area contributed by atoms with Crippen LogP contribution in [-0.2, 0) is 14.3 Å². The van der Waals surface area contributed by atoms with Gasteiger partial charge in [-0.25, -0.2) is 4.79 Å². The summed E-state index contributed by atoms with van der Waals surface area (Å²) in [5.74, 6) is -0.410. The molecule has 10 heteroatoms. The molecule has 1 N–H and O–H groups in total. The molecule has 0 saturated heterocycles. The molecule has 1 aliphatic rings. The third-order valence-corrected chi connectivity index (χ3v) is 4.96. The van der Waals surface area contributed by atoms with E-state index < -0.39 is 38.4 Å². The van der Waals surface area contributed by atoms with E-state index >= 15 is 0 Å². The zero-order valence-electron chi connectivity index (χ0n) is 12.6. The minimum atomic E-state index is -5.77. The highest BCUT2D eigenvalue weighted by molar-refractivity contribution is 7.87. The smallest absolute Gasteiger partial charge is 0.465 e. The molecule has 1 amide bonds. The fourth-order valence-electron chi connectivity index (χ4n) is 2.11. The first kappa shape index (κ1) is 18.6. The Hall–Kier alpha value is -1.45. The van der Waals surface area contributed by atoms with Gasteiger partial charge in [-0.05, 0) is 18.4 Å². The summed E-state index contributed by atoms with van der Waals surface area (Å²) < 4.78 is 63.4. The van der Waals surface area contributed by atoms with Crippen molar-refractivity contribution in [2.75, 3.05) is 6.54 Å². The zero-order valence-corrected chi connectivity index (χ0v) is 13.4. The van der Waals surface area contributed by atoms with Crippen LogP contribution in [0.3, 0.4) is 0 Å². The molecule has 22 heavy (non-hydrogen) atoms. The Balaban J connectivity index is 3.17. The minimum Gasteiger partial charge on any atom is -0.465 e. The molecular formula is C12H18F3NO5S. The summed E-state index contributed by atoms with van der Waals surface area (Å²) in [5.41, 5.74) is -7.31. The number of nitrogens with zero attached hydrogens (tertiary/aromatic N) is 1. The van der Waals surface area contributed by atoms with E-state index in [1.54, 1.807) is 20.8 Å². The normalized spacial score (nSPS) is 24.0. The van der Waals surface area contributed by atoms with Gasteiger partial charge in [0.1, 0.15) is 5.76 Å². The summed E-state index contributed by atoms with van der Waals surface area (Å²) >= 11 is 0. The third-order valence-electron chi connectivity index (χ3n) is 3.96. The van der Waals surface area contributed by atoms with E-state index in [1.165, 1.54) is 6.92 Å². The van der Waals surface area contributed by atoms with Gasteiger partial charge in [-0.3, -0.25) is 4.90 Å². The van der Waals surface area contributed by atoms with Crippen LogP contribution in [-0.4, -0.2) is 42.1 Å². The van der Waals surface area contributed by atoms with Crippen LogP contribution in [0.25, 0.3) is 0 Å². The molecule has 0 aromatic rings. The Labute approximate surface area is 126 Å². The van der Waals surface area contributed by atoms with Crippen LogP contribution < -0.4 is 0 Å². The van der Waals surface area contributed by atoms with E-state index in [1.807, 2.05) is 0 Å². The van der Waals surface area contributed by atoms with Crippen molar-refractivity contribution in [1.29, 1.82) is 0 Å². The highest BCUT2D eigenvalue weighted by atomic mass is 32.2. The van der Waals surface area contributed by atoms with Crippen LogP contribution in [0.4, 0.5) is 18.0 Å². The SMILES string of the molecule is CC(C)(C)[C@@]1(C)CC(OS(=O)(=O)C(F)(F)F)=CCN1C(=O)O. The van der Waals surface area contributed by atoms with Gasteiger partial charge >= 0.3 is 21.7 Å². The standard InChI is InChI=1S/C12H18F3NO5S/c1-10(2,3)11(4)7-8(5-6-16(11)9(17)18)21-22(19,20)12(13,14)15/h5H,6-7H2,1-4H3,(H,17,18)/t11-/m1/s1. The lowest BCUT2D eigenvalue weighted by Gasteiger charge is -2.50. The molecule has 1 atom stereocenters. The van der Waals surface area contributed by atoms with E-state index in [0.717, 1.165) is 11.0 Å². The second-order valence-electron chi connectivity index (χ2n) is 6.25. The minimum absolute atomic E-state index is 0.258. The maximum Gasteiger partial charge on any atom is 0.534 e. The lowest BCUT2D eigenvalue weighted by molar-refractivity contribution is -0.0539. The number of alkyl halides is 3. The first-order chi connectivity index (χ1) is 9.62. The molecule has 1 heterocycles. The molecule has 0 spiro atoms. The Morgan fingerprint density at radius 1 is 1.36 bits per heavy atom. The molecule has 0 aromatic carbocycles. The van der Waals surface area contributed by atoms with Gasteiger partial charge in [-0.15, -0.1) is 0 Å². The summed E-state index contributed by atoms with van der Waals surface area (Å²) in [6.45, 7) is 6.42. The van der Waals surface area contributed by atoms with Crippen molar-refractivity contribution in [3.8, 4) is 0 Å². The Morgan fingerprint density at radius 3 is 2.23 bits per heavy atom. The molecule has 6 nitrogen and oxygen atoms in total. The highest BCUT2D eigenvalue weighted by Crippen LogP contribution is 2.43. The molecule has 0 fully saturated rings. The average molecular weight is 345 g/mol. The van der Waals surface area contributed by atoms with Crippen molar-refractivity contribution in [2.45, 2.75) is 45.2 Å². The number of carboxylic acid groups (broad SMARTS) is 1. The fourth-order valence-corrected chi connectivity index (χ4v) is 2.62. The van der Waals surface area contributed by atoms with Crippen LogP contribution in [0.2, 0.25) is 0 Å². The third kappa shape index (κ3) is 3.31. The monoisotopic (exact) mass is 345 g/mol. The fraction of sp³-hybridized carbons (Fsp3) is 0.750. The number of halogens is 3. The van der Waals surface area contributed by atoms with Crippen molar-refractivity contribution >= 4 is 16.2 Å². The van der Waals surface area contributed by atoms with Crippen molar-refractivity contribution in [2.24, 2.45) is 5.41 Å². The van der Waals surface area contributed by atoms with E-state index in [-0.39, 0.29) is 13.0 Å². The maximum absolute atomic E-state index is 12.4. The van der Waals surface area contributed by atoms with Crippen molar-refractivity contribution in [3.05, 3.63) is 11.8 Å². The van der Waals surface area contributed by atoms with E-state index in [9.17, 15) is 31.5 Å². The molecule has 0 unspecified atom stereocenters. The lowest BCUT2D eigenvalue weighted by atomic mass is 9.70. The molecule has 0 bridgehead atoms. The molecule has 128 valence electrons. The first-order valence-electron chi connectivity index (χ1n) is 6.32. The van der Waals surface area contributed by atoms with Gasteiger partial charge in [-0.1, -0.05) is 20.8 Å². The van der Waals surface area contributed by atoms with E-state index in [0.29, 0.717) is 0 Å². The van der Waals surface area contributed by atoms with Crippen LogP contribution in [0.1, 0.15) is 34.1 Å². The topological polar surface area (TPSA) is 83.9 Å². The Morgan fingerprint density at radius 2 is 1.86 bits per heavy atom. The van der Waals surface area contributed by atoms with Gasteiger partial charge in [0.25, 0.3) is 0 Å². The summed E-state index contributed by atoms with van der Waals surface area (Å²) in [6.07, 6.45) is -0.491. The van der Waals surface area contributed by atoms with Gasteiger partial charge in [-0.2, -0.15) is 21.6 Å². The molecule has 0 saturated carbocycles. The number of hydrogen-bond donors (Lipinski definition) is 1. The summed E-state index contributed by atoms with van der Waals surface area (Å²) in [4.78, 5) is 12.4. The highest BCUT2D eigenvalue weighted by Gasteiger charge is 2.52. The number of carbonyl (C=O) groups is 1. The molecule has 1 rings (SSSR count). The predicted molar refractivity (Wildman–Crippen MR) is 71.4 cm³/mol. The van der Waals surface area contributed by atoms with Gasteiger partial charge in [0.05, 0.1) is 5.54 Å². The molecular weight excluding hydrogens is 327 g/mol. The summed E-state index contributed by atoms with van der Waals surface area (Å²) in [5, 5.41) is 9.24. The summed E-state index contributed by atoms with van der Waals surface area (Å²) in [7, 11) is -5.77. The summed E-state index contributed by atoms with van der Waals surface area (Å²) in [6, 6.07) is 0. The van der Waals surface area contributed by atoms with Crippen molar-refractivity contribution < 1.29 is 35.7 Å². The second kappa shape index (κ2) is 5.32. The number of hydrogen-bond acceptors (Lipinski definition) is 4.